The van der Waals surface area contributed by atoms with Crippen molar-refractivity contribution in [3.05, 3.63) is 66.0 Å². The molecule has 2 aromatic rings. The quantitative estimate of drug-likeness (QED) is 0.654. The van der Waals surface area contributed by atoms with E-state index >= 15 is 0 Å². The van der Waals surface area contributed by atoms with Gasteiger partial charge in [-0.1, -0.05) is 30.3 Å². The van der Waals surface area contributed by atoms with E-state index in [1.807, 2.05) is 35.2 Å². The minimum absolute atomic E-state index is 0.0635. The number of nitrogens with two attached hydrogens (primary N) is 1. The Balaban J connectivity index is 1.78. The Morgan fingerprint density at radius 2 is 1.76 bits per heavy atom. The molecule has 8 heteroatoms. The van der Waals surface area contributed by atoms with Crippen molar-refractivity contribution in [2.45, 2.75) is 37.3 Å². The van der Waals surface area contributed by atoms with E-state index < -0.39 is 36.1 Å². The number of carbonyl (C=O) groups is 1. The number of carbonyl (C=O) groups excluding carboxylic acids is 1. The van der Waals surface area contributed by atoms with Crippen LogP contribution < -0.4 is 10.6 Å². The van der Waals surface area contributed by atoms with Crippen LogP contribution in [-0.4, -0.2) is 50.4 Å². The molecule has 1 saturated heterocycles. The van der Waals surface area contributed by atoms with Gasteiger partial charge in [0.25, 0.3) is 0 Å². The second kappa shape index (κ2) is 7.70. The van der Waals surface area contributed by atoms with E-state index in [1.165, 1.54) is 12.1 Å². The Hall–Kier alpha value is -2.55. The smallest absolute Gasteiger partial charge is 0.222 e. The SMILES string of the molecule is NC(=O)[C@@H]1C[C@@H](O)[C@H](O)[C@H]2[C@H]1N(c1ccccc1)C(=S)N2Cc1ccc(F)cc1. The van der Waals surface area contributed by atoms with Gasteiger partial charge >= 0.3 is 0 Å². The first-order valence-electron chi connectivity index (χ1n) is 9.43. The largest absolute Gasteiger partial charge is 0.390 e. The Morgan fingerprint density at radius 3 is 2.38 bits per heavy atom. The number of amides is 1. The van der Waals surface area contributed by atoms with Crippen LogP contribution in [-0.2, 0) is 11.3 Å². The van der Waals surface area contributed by atoms with Gasteiger partial charge in [0.05, 0.1) is 24.1 Å². The number of anilines is 1. The van der Waals surface area contributed by atoms with Crippen molar-refractivity contribution < 1.29 is 19.4 Å². The summed E-state index contributed by atoms with van der Waals surface area (Å²) in [5, 5.41) is 21.7. The Bertz CT molecular complexity index is 911. The summed E-state index contributed by atoms with van der Waals surface area (Å²) in [5.74, 6) is -1.57. The van der Waals surface area contributed by atoms with Gasteiger partial charge in [0.1, 0.15) is 11.9 Å². The van der Waals surface area contributed by atoms with E-state index in [-0.39, 0.29) is 12.2 Å². The van der Waals surface area contributed by atoms with Crippen molar-refractivity contribution in [3.8, 4) is 0 Å². The summed E-state index contributed by atoms with van der Waals surface area (Å²) < 4.78 is 13.3. The molecular formula is C21H22FN3O3S. The van der Waals surface area contributed by atoms with Crippen molar-refractivity contribution in [2.75, 3.05) is 4.90 Å². The highest BCUT2D eigenvalue weighted by Crippen LogP contribution is 2.41. The maximum absolute atomic E-state index is 13.3. The number of nitrogens with zero attached hydrogens (tertiary/aromatic N) is 2. The molecule has 4 rings (SSSR count). The van der Waals surface area contributed by atoms with Gasteiger partial charge < -0.3 is 25.7 Å². The number of hydrogen-bond acceptors (Lipinski definition) is 4. The first-order valence-corrected chi connectivity index (χ1v) is 9.84. The molecular weight excluding hydrogens is 393 g/mol. The van der Waals surface area contributed by atoms with Crippen molar-refractivity contribution in [2.24, 2.45) is 11.7 Å². The molecule has 1 aliphatic carbocycles. The first-order chi connectivity index (χ1) is 13.9. The van der Waals surface area contributed by atoms with Gasteiger partial charge in [0.2, 0.25) is 5.91 Å². The van der Waals surface area contributed by atoms with Crippen molar-refractivity contribution in [1.29, 1.82) is 0 Å². The minimum Gasteiger partial charge on any atom is -0.390 e. The van der Waals surface area contributed by atoms with Crippen LogP contribution in [0.1, 0.15) is 12.0 Å². The number of rotatable bonds is 4. The van der Waals surface area contributed by atoms with Crippen molar-refractivity contribution >= 4 is 28.9 Å². The average molecular weight is 415 g/mol. The van der Waals surface area contributed by atoms with Crippen LogP contribution in [0.25, 0.3) is 0 Å². The number of hydrogen-bond donors (Lipinski definition) is 3. The van der Waals surface area contributed by atoms with Crippen molar-refractivity contribution in [3.63, 3.8) is 0 Å². The van der Waals surface area contributed by atoms with Gasteiger partial charge in [-0.05, 0) is 48.5 Å². The second-order valence-electron chi connectivity index (χ2n) is 7.53. The molecule has 152 valence electrons. The van der Waals surface area contributed by atoms with E-state index in [2.05, 4.69) is 0 Å². The summed E-state index contributed by atoms with van der Waals surface area (Å²) in [4.78, 5) is 15.9. The van der Waals surface area contributed by atoms with Crippen LogP contribution in [0.15, 0.2) is 54.6 Å². The fourth-order valence-electron chi connectivity index (χ4n) is 4.42. The maximum Gasteiger partial charge on any atom is 0.222 e. The number of fused-ring (bicyclic) bond motifs is 1. The Kier molecular flexibility index (Phi) is 5.24. The molecule has 0 radical (unpaired) electrons. The van der Waals surface area contributed by atoms with Crippen molar-refractivity contribution in [1.82, 2.24) is 4.90 Å². The molecule has 4 N–H and O–H groups in total. The summed E-state index contributed by atoms with van der Waals surface area (Å²) in [5.41, 5.74) is 7.25. The molecule has 1 amide bonds. The van der Waals surface area contributed by atoms with Crippen LogP contribution >= 0.6 is 12.2 Å². The monoisotopic (exact) mass is 415 g/mol. The molecule has 2 fully saturated rings. The highest BCUT2D eigenvalue weighted by molar-refractivity contribution is 7.80. The molecule has 2 aliphatic rings. The number of aliphatic hydroxyl groups excluding tert-OH is 2. The number of thiocarbonyl (C=S) groups is 1. The minimum atomic E-state index is -1.11. The molecule has 1 aliphatic heterocycles. The van der Waals surface area contributed by atoms with Gasteiger partial charge in [-0.3, -0.25) is 4.79 Å². The lowest BCUT2D eigenvalue weighted by molar-refractivity contribution is -0.129. The number of primary amides is 1. The van der Waals surface area contributed by atoms with Crippen LogP contribution in [0.2, 0.25) is 0 Å². The number of halogens is 1. The van der Waals surface area contributed by atoms with E-state index in [9.17, 15) is 19.4 Å². The molecule has 1 heterocycles. The van der Waals surface area contributed by atoms with Crippen LogP contribution in [0.4, 0.5) is 10.1 Å². The third kappa shape index (κ3) is 3.48. The molecule has 5 atom stereocenters. The lowest BCUT2D eigenvalue weighted by Crippen LogP contribution is -2.60. The standard InChI is InChI=1S/C21H22FN3O3S/c22-13-8-6-12(7-9-13)11-24-18-17(15(20(23)28)10-16(26)19(18)27)25(21(24)29)14-4-2-1-3-5-14/h1-9,15-19,26-27H,10-11H2,(H2,23,28)/t15-,16-,17+,18-,19+/m1/s1. The van der Waals surface area contributed by atoms with Gasteiger partial charge in [0, 0.05) is 12.2 Å². The number of benzene rings is 2. The Morgan fingerprint density at radius 1 is 1.10 bits per heavy atom. The predicted octanol–water partition coefficient (Wildman–Crippen LogP) is 1.40. The molecule has 0 spiro atoms. The number of aliphatic hydroxyl groups is 2. The van der Waals surface area contributed by atoms with Gasteiger partial charge in [-0.15, -0.1) is 0 Å². The molecule has 29 heavy (non-hydrogen) atoms. The van der Waals surface area contributed by atoms with Crippen LogP contribution in [0.3, 0.4) is 0 Å². The third-order valence-electron chi connectivity index (χ3n) is 5.78. The second-order valence-corrected chi connectivity index (χ2v) is 7.89. The Labute approximate surface area is 173 Å². The molecule has 0 unspecified atom stereocenters. The molecule has 1 saturated carbocycles. The summed E-state index contributed by atoms with van der Waals surface area (Å²) in [7, 11) is 0. The summed E-state index contributed by atoms with van der Waals surface area (Å²) >= 11 is 5.75. The first kappa shape index (κ1) is 19.8. The van der Waals surface area contributed by atoms with Gasteiger partial charge in [-0.25, -0.2) is 4.39 Å². The zero-order chi connectivity index (χ0) is 20.7. The van der Waals surface area contributed by atoms with Gasteiger partial charge in [0.15, 0.2) is 5.11 Å². The van der Waals surface area contributed by atoms with E-state index in [0.29, 0.717) is 11.7 Å². The highest BCUT2D eigenvalue weighted by Gasteiger charge is 2.56. The van der Waals surface area contributed by atoms with Gasteiger partial charge in [-0.2, -0.15) is 0 Å². The zero-order valence-electron chi connectivity index (χ0n) is 15.6. The molecule has 0 aromatic heterocycles. The lowest BCUT2D eigenvalue weighted by Gasteiger charge is -2.42. The topological polar surface area (TPSA) is 90.0 Å². The number of para-hydroxylation sites is 1. The third-order valence-corrected chi connectivity index (χ3v) is 6.21. The van der Waals surface area contributed by atoms with E-state index in [4.69, 9.17) is 18.0 Å². The summed E-state index contributed by atoms with van der Waals surface area (Å²) in [6, 6.07) is 14.2. The average Bonchev–Trinajstić information content (AvgIpc) is 2.99. The van der Waals surface area contributed by atoms with Crippen LogP contribution in [0.5, 0.6) is 0 Å². The fourth-order valence-corrected chi connectivity index (χ4v) is 4.83. The van der Waals surface area contributed by atoms with Crippen LogP contribution in [0, 0.1) is 11.7 Å². The molecule has 2 aromatic carbocycles. The molecule has 0 bridgehead atoms. The zero-order valence-corrected chi connectivity index (χ0v) is 16.4. The summed E-state index contributed by atoms with van der Waals surface area (Å²) in [6.07, 6.45) is -2.14. The molecule has 6 nitrogen and oxygen atoms in total. The lowest BCUT2D eigenvalue weighted by atomic mass is 9.76. The fraction of sp³-hybridized carbons (Fsp3) is 0.333. The van der Waals surface area contributed by atoms with E-state index in [1.54, 1.807) is 17.0 Å². The highest BCUT2D eigenvalue weighted by atomic mass is 32.1. The maximum atomic E-state index is 13.3. The normalized spacial score (nSPS) is 29.1. The summed E-state index contributed by atoms with van der Waals surface area (Å²) in [6.45, 7) is 0.304. The predicted molar refractivity (Wildman–Crippen MR) is 110 cm³/mol. The van der Waals surface area contributed by atoms with E-state index in [0.717, 1.165) is 11.3 Å².